The van der Waals surface area contributed by atoms with E-state index in [0.717, 1.165) is 0 Å². The highest BCUT2D eigenvalue weighted by atomic mass is 16.4. The third-order valence-electron chi connectivity index (χ3n) is 2.15. The highest BCUT2D eigenvalue weighted by molar-refractivity contribution is 5.77. The molecule has 5 heteroatoms. The topological polar surface area (TPSA) is 86.6 Å². The Balaban J connectivity index is 3.89. The smallest absolute Gasteiger partial charge is 0.303 e. The zero-order chi connectivity index (χ0) is 12.8. The van der Waals surface area contributed by atoms with Gasteiger partial charge in [-0.1, -0.05) is 13.8 Å². The summed E-state index contributed by atoms with van der Waals surface area (Å²) in [7, 11) is 0. The fourth-order valence-corrected chi connectivity index (χ4v) is 1.39. The summed E-state index contributed by atoms with van der Waals surface area (Å²) in [4.78, 5) is 22.0. The van der Waals surface area contributed by atoms with Crippen molar-refractivity contribution in [3.05, 3.63) is 0 Å². The average molecular weight is 231 g/mol. The van der Waals surface area contributed by atoms with Crippen molar-refractivity contribution in [2.45, 2.75) is 46.1 Å². The molecule has 0 aliphatic heterocycles. The summed E-state index contributed by atoms with van der Waals surface area (Å²) in [5, 5.41) is 20.3. The van der Waals surface area contributed by atoms with Crippen molar-refractivity contribution in [1.82, 2.24) is 5.32 Å². The van der Waals surface area contributed by atoms with Crippen LogP contribution in [0.1, 0.15) is 40.0 Å². The molecule has 0 radical (unpaired) electrons. The standard InChI is InChI=1S/C11H21NO4/c1-8(13)4-5-12-9(14)6-11(2,3)7-10(15)16/h8,13H,4-7H2,1-3H3,(H,12,14)(H,15,16). The molecule has 0 aromatic carbocycles. The summed E-state index contributed by atoms with van der Waals surface area (Å²) < 4.78 is 0. The van der Waals surface area contributed by atoms with E-state index in [9.17, 15) is 9.59 Å². The van der Waals surface area contributed by atoms with Crippen molar-refractivity contribution in [1.29, 1.82) is 0 Å². The molecule has 0 heterocycles. The van der Waals surface area contributed by atoms with Crippen molar-refractivity contribution < 1.29 is 19.8 Å². The summed E-state index contributed by atoms with van der Waals surface area (Å²) in [5.74, 6) is -1.08. The number of carbonyl (C=O) groups is 2. The minimum Gasteiger partial charge on any atom is -0.481 e. The first-order valence-corrected chi connectivity index (χ1v) is 5.39. The molecule has 5 nitrogen and oxygen atoms in total. The number of aliphatic hydroxyl groups excluding tert-OH is 1. The Hall–Kier alpha value is -1.10. The van der Waals surface area contributed by atoms with Gasteiger partial charge in [0.1, 0.15) is 0 Å². The SMILES string of the molecule is CC(O)CCNC(=O)CC(C)(C)CC(=O)O. The second-order valence-electron chi connectivity index (χ2n) is 4.90. The first-order valence-electron chi connectivity index (χ1n) is 5.39. The van der Waals surface area contributed by atoms with E-state index in [2.05, 4.69) is 5.32 Å². The molecule has 0 fully saturated rings. The van der Waals surface area contributed by atoms with E-state index in [1.54, 1.807) is 20.8 Å². The third-order valence-corrected chi connectivity index (χ3v) is 2.15. The van der Waals surface area contributed by atoms with Crippen molar-refractivity contribution in [2.24, 2.45) is 5.41 Å². The molecule has 16 heavy (non-hydrogen) atoms. The van der Waals surface area contributed by atoms with E-state index in [-0.39, 0.29) is 18.7 Å². The van der Waals surface area contributed by atoms with Crippen LogP contribution >= 0.6 is 0 Å². The van der Waals surface area contributed by atoms with Crippen LogP contribution in [-0.4, -0.2) is 34.7 Å². The fraction of sp³-hybridized carbons (Fsp3) is 0.818. The highest BCUT2D eigenvalue weighted by Gasteiger charge is 2.24. The van der Waals surface area contributed by atoms with Gasteiger partial charge in [-0.2, -0.15) is 0 Å². The molecule has 0 rings (SSSR count). The Morgan fingerprint density at radius 3 is 2.31 bits per heavy atom. The number of hydrogen-bond acceptors (Lipinski definition) is 3. The van der Waals surface area contributed by atoms with Crippen LogP contribution in [0.5, 0.6) is 0 Å². The molecule has 0 bridgehead atoms. The zero-order valence-electron chi connectivity index (χ0n) is 10.1. The van der Waals surface area contributed by atoms with Gasteiger partial charge in [0.2, 0.25) is 5.91 Å². The van der Waals surface area contributed by atoms with Crippen molar-refractivity contribution in [3.63, 3.8) is 0 Å². The molecule has 0 aromatic rings. The largest absolute Gasteiger partial charge is 0.481 e. The van der Waals surface area contributed by atoms with Crippen LogP contribution in [0, 0.1) is 5.41 Å². The lowest BCUT2D eigenvalue weighted by Gasteiger charge is -2.21. The predicted octanol–water partition coefficient (Wildman–Crippen LogP) is 0.764. The predicted molar refractivity (Wildman–Crippen MR) is 60.0 cm³/mol. The maximum atomic E-state index is 11.4. The van der Waals surface area contributed by atoms with Crippen LogP contribution in [0.25, 0.3) is 0 Å². The Kier molecular flexibility index (Phi) is 6.03. The molecular weight excluding hydrogens is 210 g/mol. The Bertz CT molecular complexity index is 248. The first kappa shape index (κ1) is 14.9. The van der Waals surface area contributed by atoms with Gasteiger partial charge < -0.3 is 15.5 Å². The van der Waals surface area contributed by atoms with Gasteiger partial charge in [-0.3, -0.25) is 9.59 Å². The van der Waals surface area contributed by atoms with E-state index in [4.69, 9.17) is 10.2 Å². The van der Waals surface area contributed by atoms with E-state index in [1.807, 2.05) is 0 Å². The second kappa shape index (κ2) is 6.48. The molecular formula is C11H21NO4. The monoisotopic (exact) mass is 231 g/mol. The Morgan fingerprint density at radius 2 is 1.88 bits per heavy atom. The van der Waals surface area contributed by atoms with Crippen molar-refractivity contribution in [3.8, 4) is 0 Å². The average Bonchev–Trinajstić information content (AvgIpc) is 1.98. The zero-order valence-corrected chi connectivity index (χ0v) is 10.1. The van der Waals surface area contributed by atoms with E-state index in [1.165, 1.54) is 0 Å². The fourth-order valence-electron chi connectivity index (χ4n) is 1.39. The summed E-state index contributed by atoms with van der Waals surface area (Å²) >= 11 is 0. The van der Waals surface area contributed by atoms with E-state index >= 15 is 0 Å². The van der Waals surface area contributed by atoms with Gasteiger partial charge in [-0.25, -0.2) is 0 Å². The number of carboxylic acids is 1. The number of amides is 1. The van der Waals surface area contributed by atoms with Gasteiger partial charge in [0.15, 0.2) is 0 Å². The van der Waals surface area contributed by atoms with Gasteiger partial charge in [-0.15, -0.1) is 0 Å². The number of hydrogen-bond donors (Lipinski definition) is 3. The Morgan fingerprint density at radius 1 is 1.31 bits per heavy atom. The minimum atomic E-state index is -0.901. The van der Waals surface area contributed by atoms with Crippen molar-refractivity contribution >= 4 is 11.9 Å². The van der Waals surface area contributed by atoms with E-state index < -0.39 is 17.5 Å². The van der Waals surface area contributed by atoms with Gasteiger partial charge in [0, 0.05) is 13.0 Å². The molecule has 0 aliphatic rings. The molecule has 1 unspecified atom stereocenters. The second-order valence-corrected chi connectivity index (χ2v) is 4.90. The quantitative estimate of drug-likeness (QED) is 0.604. The molecule has 1 atom stereocenters. The summed E-state index contributed by atoms with van der Waals surface area (Å²) in [6.07, 6.45) is 0.216. The van der Waals surface area contributed by atoms with Crippen molar-refractivity contribution in [2.75, 3.05) is 6.54 Å². The van der Waals surface area contributed by atoms with Crippen LogP contribution in [0.4, 0.5) is 0 Å². The number of aliphatic hydroxyl groups is 1. The van der Waals surface area contributed by atoms with Gasteiger partial charge in [0.25, 0.3) is 0 Å². The Labute approximate surface area is 95.9 Å². The minimum absolute atomic E-state index is 0.0309. The van der Waals surface area contributed by atoms with Crippen LogP contribution < -0.4 is 5.32 Å². The number of carboxylic acid groups (broad SMARTS) is 1. The normalized spacial score (nSPS) is 13.2. The number of rotatable bonds is 7. The van der Waals surface area contributed by atoms with Crippen LogP contribution in [0.15, 0.2) is 0 Å². The summed E-state index contributed by atoms with van der Waals surface area (Å²) in [6.45, 7) is 5.56. The maximum Gasteiger partial charge on any atom is 0.303 e. The van der Waals surface area contributed by atoms with Gasteiger partial charge in [-0.05, 0) is 18.8 Å². The lowest BCUT2D eigenvalue weighted by Crippen LogP contribution is -2.31. The number of aliphatic carboxylic acids is 1. The summed E-state index contributed by atoms with van der Waals surface area (Å²) in [5.41, 5.74) is -0.541. The molecule has 0 saturated carbocycles. The molecule has 0 spiro atoms. The van der Waals surface area contributed by atoms with Crippen LogP contribution in [0.2, 0.25) is 0 Å². The maximum absolute atomic E-state index is 11.4. The van der Waals surface area contributed by atoms with Gasteiger partial charge >= 0.3 is 5.97 Å². The van der Waals surface area contributed by atoms with Crippen LogP contribution in [-0.2, 0) is 9.59 Å². The van der Waals surface area contributed by atoms with Gasteiger partial charge in [0.05, 0.1) is 12.5 Å². The molecule has 0 saturated heterocycles. The molecule has 94 valence electrons. The van der Waals surface area contributed by atoms with Crippen LogP contribution in [0.3, 0.4) is 0 Å². The third kappa shape index (κ3) is 8.23. The highest BCUT2D eigenvalue weighted by Crippen LogP contribution is 2.24. The molecule has 0 aliphatic carbocycles. The lowest BCUT2D eigenvalue weighted by molar-refractivity contribution is -0.139. The molecule has 3 N–H and O–H groups in total. The van der Waals surface area contributed by atoms with E-state index in [0.29, 0.717) is 13.0 Å². The first-order chi connectivity index (χ1) is 7.23. The number of carbonyl (C=O) groups excluding carboxylic acids is 1. The summed E-state index contributed by atoms with van der Waals surface area (Å²) in [6, 6.07) is 0. The molecule has 0 aromatic heterocycles. The lowest BCUT2D eigenvalue weighted by atomic mass is 9.85. The molecule has 1 amide bonds. The number of nitrogens with one attached hydrogen (secondary N) is 1.